The highest BCUT2D eigenvalue weighted by Gasteiger charge is 2.46. The summed E-state index contributed by atoms with van der Waals surface area (Å²) in [5, 5.41) is 3.66. The average molecular weight is 705 g/mol. The van der Waals surface area contributed by atoms with Gasteiger partial charge in [-0.15, -0.1) is 0 Å². The molecule has 0 saturated heterocycles. The number of nitrogens with zero attached hydrogens (tertiary/aromatic N) is 3. The summed E-state index contributed by atoms with van der Waals surface area (Å²) in [7, 11) is 0. The fourth-order valence-electron chi connectivity index (χ4n) is 8.37. The van der Waals surface area contributed by atoms with Crippen LogP contribution in [0, 0.1) is 0 Å². The predicted molar refractivity (Wildman–Crippen MR) is 224 cm³/mol. The summed E-state index contributed by atoms with van der Waals surface area (Å²) < 4.78 is 0. The topological polar surface area (TPSA) is 49.6 Å². The molecule has 4 nitrogen and oxygen atoms in total. The lowest BCUT2D eigenvalue weighted by Crippen LogP contribution is -2.36. The molecule has 0 fully saturated rings. The number of aliphatic imine (C=N–C) groups is 2. The first-order valence-corrected chi connectivity index (χ1v) is 18.7. The number of hydrogen-bond acceptors (Lipinski definition) is 4. The molecule has 0 amide bonds. The van der Waals surface area contributed by atoms with E-state index in [1.54, 1.807) is 0 Å². The van der Waals surface area contributed by atoms with Gasteiger partial charge in [0.2, 0.25) is 0 Å². The number of nitrogens with one attached hydrogen (secondary N) is 1. The Labute approximate surface area is 321 Å². The first kappa shape index (κ1) is 32.5. The van der Waals surface area contributed by atoms with E-state index in [1.807, 2.05) is 36.7 Å². The highest BCUT2D eigenvalue weighted by Crippen LogP contribution is 2.56. The van der Waals surface area contributed by atoms with Gasteiger partial charge in [-0.3, -0.25) is 4.98 Å². The van der Waals surface area contributed by atoms with Gasteiger partial charge in [-0.05, 0) is 85.5 Å². The molecule has 1 unspecified atom stereocenters. The van der Waals surface area contributed by atoms with Crippen LogP contribution in [0.4, 0.5) is 0 Å². The largest absolute Gasteiger partial charge is 0.324 e. The molecule has 1 atom stereocenters. The Morgan fingerprint density at radius 2 is 0.855 bits per heavy atom. The first-order valence-electron chi connectivity index (χ1n) is 18.7. The van der Waals surface area contributed by atoms with Crippen LogP contribution < -0.4 is 5.32 Å². The zero-order valence-electron chi connectivity index (χ0n) is 30.0. The molecule has 10 rings (SSSR count). The van der Waals surface area contributed by atoms with E-state index in [9.17, 15) is 0 Å². The SMILES string of the molecule is c1ccc(C2=NC(c3ccc(-c4ccccc4)cc3)N=C(c3cccc(C4(c5cccc(-c6ccncc6)c5)c5ccccc5-c5ccccc54)c3)N2)cc1. The molecule has 0 radical (unpaired) electrons. The van der Waals surface area contributed by atoms with Crippen LogP contribution in [0.3, 0.4) is 0 Å². The monoisotopic (exact) mass is 704 g/mol. The van der Waals surface area contributed by atoms with Crippen molar-refractivity contribution in [3.05, 3.63) is 245 Å². The van der Waals surface area contributed by atoms with Crippen LogP contribution in [0.2, 0.25) is 0 Å². The second-order valence-corrected chi connectivity index (χ2v) is 14.0. The zero-order chi connectivity index (χ0) is 36.6. The minimum absolute atomic E-state index is 0.418. The molecule has 0 saturated carbocycles. The minimum Gasteiger partial charge on any atom is -0.324 e. The third-order valence-corrected chi connectivity index (χ3v) is 10.9. The second-order valence-electron chi connectivity index (χ2n) is 14.0. The number of benzene rings is 7. The van der Waals surface area contributed by atoms with Gasteiger partial charge in [0.15, 0.2) is 6.17 Å². The Hall–Kier alpha value is -7.17. The molecule has 2 heterocycles. The van der Waals surface area contributed by atoms with Crippen molar-refractivity contribution >= 4 is 11.7 Å². The van der Waals surface area contributed by atoms with Crippen LogP contribution in [-0.2, 0) is 5.41 Å². The van der Waals surface area contributed by atoms with Gasteiger partial charge in [0.1, 0.15) is 11.7 Å². The van der Waals surface area contributed by atoms with Crippen LogP contribution >= 0.6 is 0 Å². The molecule has 55 heavy (non-hydrogen) atoms. The highest BCUT2D eigenvalue weighted by molar-refractivity contribution is 6.16. The van der Waals surface area contributed by atoms with Crippen molar-refractivity contribution < 1.29 is 0 Å². The highest BCUT2D eigenvalue weighted by atomic mass is 15.2. The average Bonchev–Trinajstić information content (AvgIpc) is 3.58. The summed E-state index contributed by atoms with van der Waals surface area (Å²) in [6, 6.07) is 69.2. The fourth-order valence-corrected chi connectivity index (χ4v) is 8.37. The van der Waals surface area contributed by atoms with E-state index >= 15 is 0 Å². The first-order chi connectivity index (χ1) is 27.3. The van der Waals surface area contributed by atoms with Crippen LogP contribution in [0.1, 0.15) is 45.1 Å². The Morgan fingerprint density at radius 3 is 1.49 bits per heavy atom. The van der Waals surface area contributed by atoms with E-state index < -0.39 is 11.6 Å². The van der Waals surface area contributed by atoms with Gasteiger partial charge in [-0.1, -0.05) is 170 Å². The van der Waals surface area contributed by atoms with Gasteiger partial charge in [0.25, 0.3) is 0 Å². The smallest absolute Gasteiger partial charge is 0.169 e. The summed E-state index contributed by atoms with van der Waals surface area (Å²) in [5.74, 6) is 1.58. The summed E-state index contributed by atoms with van der Waals surface area (Å²) in [5.41, 5.74) is 14.5. The third kappa shape index (κ3) is 5.67. The van der Waals surface area contributed by atoms with Crippen LogP contribution in [0.5, 0.6) is 0 Å². The molecule has 0 spiro atoms. The van der Waals surface area contributed by atoms with Crippen molar-refractivity contribution in [1.29, 1.82) is 0 Å². The maximum atomic E-state index is 5.32. The van der Waals surface area contributed by atoms with Crippen molar-refractivity contribution in [2.75, 3.05) is 0 Å². The molecule has 4 heteroatoms. The summed E-state index contributed by atoms with van der Waals surface area (Å²) in [4.78, 5) is 14.8. The number of aromatic nitrogens is 1. The van der Waals surface area contributed by atoms with E-state index in [1.165, 1.54) is 38.9 Å². The lowest BCUT2D eigenvalue weighted by molar-refractivity contribution is 0.754. The van der Waals surface area contributed by atoms with Crippen molar-refractivity contribution in [3.63, 3.8) is 0 Å². The number of hydrogen-bond donors (Lipinski definition) is 1. The molecule has 1 aromatic heterocycles. The van der Waals surface area contributed by atoms with Crippen molar-refractivity contribution in [2.45, 2.75) is 11.6 Å². The Morgan fingerprint density at radius 1 is 0.382 bits per heavy atom. The Kier molecular flexibility index (Phi) is 8.07. The molecule has 0 bridgehead atoms. The molecular formula is C51H36N4. The van der Waals surface area contributed by atoms with Gasteiger partial charge < -0.3 is 5.32 Å². The molecule has 8 aromatic rings. The Balaban J connectivity index is 1.14. The van der Waals surface area contributed by atoms with E-state index in [0.29, 0.717) is 0 Å². The number of amidine groups is 2. The third-order valence-electron chi connectivity index (χ3n) is 10.9. The van der Waals surface area contributed by atoms with E-state index in [2.05, 4.69) is 180 Å². The molecule has 260 valence electrons. The quantitative estimate of drug-likeness (QED) is 0.180. The van der Waals surface area contributed by atoms with Crippen molar-refractivity contribution in [1.82, 2.24) is 10.3 Å². The molecule has 1 aliphatic carbocycles. The maximum absolute atomic E-state index is 5.32. The number of fused-ring (bicyclic) bond motifs is 3. The normalized spacial score (nSPS) is 15.2. The lowest BCUT2D eigenvalue weighted by atomic mass is 9.67. The van der Waals surface area contributed by atoms with Gasteiger partial charge >= 0.3 is 0 Å². The zero-order valence-corrected chi connectivity index (χ0v) is 30.0. The number of rotatable bonds is 7. The summed E-state index contributed by atoms with van der Waals surface area (Å²) >= 11 is 0. The fraction of sp³-hybridized carbons (Fsp3) is 0.0392. The molecule has 1 N–H and O–H groups in total. The van der Waals surface area contributed by atoms with E-state index in [-0.39, 0.29) is 0 Å². The molecule has 1 aliphatic heterocycles. The predicted octanol–water partition coefficient (Wildman–Crippen LogP) is 11.3. The van der Waals surface area contributed by atoms with Gasteiger partial charge in [0, 0.05) is 23.5 Å². The van der Waals surface area contributed by atoms with Gasteiger partial charge in [-0.25, -0.2) is 9.98 Å². The maximum Gasteiger partial charge on any atom is 0.169 e. The lowest BCUT2D eigenvalue weighted by Gasteiger charge is -2.34. The standard InChI is InChI=1S/C51H36N4/c1-3-13-35(14-4-1)36-25-27-39(28-26-36)49-53-48(38-15-5-2-6-16-38)54-50(55-49)41-18-12-20-43(34-41)51(42-19-11-17-40(33-42)37-29-31-52-32-30-37)46-23-9-7-21-44(46)45-22-8-10-24-47(45)51/h1-34,49H,(H,53,54,55). The minimum atomic E-state index is -0.579. The van der Waals surface area contributed by atoms with E-state index in [0.717, 1.165) is 45.1 Å². The summed E-state index contributed by atoms with van der Waals surface area (Å²) in [6.07, 6.45) is 3.30. The van der Waals surface area contributed by atoms with Crippen molar-refractivity contribution in [3.8, 4) is 33.4 Å². The van der Waals surface area contributed by atoms with Crippen molar-refractivity contribution in [2.24, 2.45) is 9.98 Å². The second kappa shape index (κ2) is 13.7. The van der Waals surface area contributed by atoms with Gasteiger partial charge in [-0.2, -0.15) is 0 Å². The molecule has 2 aliphatic rings. The van der Waals surface area contributed by atoms with Gasteiger partial charge in [0.05, 0.1) is 5.41 Å². The van der Waals surface area contributed by atoms with Crippen LogP contribution in [-0.4, -0.2) is 16.7 Å². The van der Waals surface area contributed by atoms with Crippen LogP contribution in [0.25, 0.3) is 33.4 Å². The number of pyridine rings is 1. The molecular weight excluding hydrogens is 669 g/mol. The Bertz CT molecular complexity index is 2670. The van der Waals surface area contributed by atoms with Crippen LogP contribution in [0.15, 0.2) is 217 Å². The molecule has 7 aromatic carbocycles. The summed E-state index contributed by atoms with van der Waals surface area (Å²) in [6.45, 7) is 0. The van der Waals surface area contributed by atoms with E-state index in [4.69, 9.17) is 9.98 Å².